The third kappa shape index (κ3) is 7.98. The number of aromatic nitrogens is 3. The first-order chi connectivity index (χ1) is 19.7. The Kier molecular flexibility index (Phi) is 12.8. The number of imidazole rings is 1. The molecule has 0 bridgehead atoms. The number of nitrogen functional groups attached to an aromatic ring is 1. The van der Waals surface area contributed by atoms with Gasteiger partial charge in [-0.05, 0) is 29.5 Å². The number of phosphoric acid groups is 1. The summed E-state index contributed by atoms with van der Waals surface area (Å²) in [4.78, 5) is 39.6. The SMILES string of the molecule is CC.CCCCc1nc2c(N)nc3cc(C(C)(C)C(C)(C)[N-]C=O)ccc3c2n1Cc1cccc(O)c1OP(=O)(O)O.[K+]. The first-order valence-electron chi connectivity index (χ1n) is 14.0. The summed E-state index contributed by atoms with van der Waals surface area (Å²) < 4.78 is 18.5. The van der Waals surface area contributed by atoms with Gasteiger partial charge in [0.25, 0.3) is 0 Å². The molecule has 43 heavy (non-hydrogen) atoms. The number of rotatable bonds is 11. The molecule has 0 saturated heterocycles. The average molecular weight is 638 g/mol. The normalized spacial score (nSPS) is 11.9. The molecule has 2 heterocycles. The van der Waals surface area contributed by atoms with E-state index in [9.17, 15) is 24.3 Å². The molecule has 0 saturated carbocycles. The van der Waals surface area contributed by atoms with E-state index in [1.165, 1.54) is 6.07 Å². The van der Waals surface area contributed by atoms with Crippen LogP contribution >= 0.6 is 7.82 Å². The summed E-state index contributed by atoms with van der Waals surface area (Å²) in [6, 6.07) is 10.4. The van der Waals surface area contributed by atoms with Crippen LogP contribution in [0.4, 0.5) is 5.82 Å². The molecule has 0 radical (unpaired) electrons. The first kappa shape index (κ1) is 37.2. The van der Waals surface area contributed by atoms with Crippen molar-refractivity contribution >= 4 is 42.0 Å². The van der Waals surface area contributed by atoms with Crippen molar-refractivity contribution in [3.05, 3.63) is 58.7 Å². The van der Waals surface area contributed by atoms with Gasteiger partial charge in [0, 0.05) is 23.8 Å². The van der Waals surface area contributed by atoms with Crippen LogP contribution in [-0.4, -0.2) is 41.4 Å². The number of amides is 1. The zero-order valence-electron chi connectivity index (χ0n) is 26.2. The van der Waals surface area contributed by atoms with Gasteiger partial charge in [-0.2, -0.15) is 0 Å². The third-order valence-corrected chi connectivity index (χ3v) is 8.20. The molecule has 2 aromatic heterocycles. The molecule has 0 fully saturated rings. The average Bonchev–Trinajstić information content (AvgIpc) is 3.28. The van der Waals surface area contributed by atoms with Crippen LogP contribution in [0.15, 0.2) is 36.4 Å². The van der Waals surface area contributed by atoms with Crippen LogP contribution < -0.4 is 61.6 Å². The van der Waals surface area contributed by atoms with Crippen LogP contribution in [0.3, 0.4) is 0 Å². The van der Waals surface area contributed by atoms with Crippen molar-refractivity contribution in [2.24, 2.45) is 0 Å². The monoisotopic (exact) mass is 637 g/mol. The number of para-hydroxylation sites is 1. The molecule has 0 atom stereocenters. The van der Waals surface area contributed by atoms with Gasteiger partial charge in [0.1, 0.15) is 11.3 Å². The minimum absolute atomic E-state index is 0. The van der Waals surface area contributed by atoms with E-state index in [1.54, 1.807) is 12.1 Å². The number of hydrogen-bond donors (Lipinski definition) is 4. The first-order valence-corrected chi connectivity index (χ1v) is 15.5. The Bertz CT molecular complexity index is 1630. The number of unbranched alkanes of at least 4 members (excludes halogenated alkanes) is 1. The summed E-state index contributed by atoms with van der Waals surface area (Å²) in [6.07, 6.45) is 2.99. The second kappa shape index (κ2) is 14.8. The molecule has 0 aliphatic heterocycles. The van der Waals surface area contributed by atoms with E-state index >= 15 is 0 Å². The molecule has 1 amide bonds. The number of phenolic OH excluding ortho intramolecular Hbond substituents is 1. The van der Waals surface area contributed by atoms with Crippen LogP contribution in [0.2, 0.25) is 0 Å². The molecular formula is C30H41KN5O6P. The number of phenols is 1. The molecule has 0 aliphatic rings. The van der Waals surface area contributed by atoms with E-state index in [4.69, 9.17) is 15.2 Å². The number of carbonyl (C=O) groups is 1. The van der Waals surface area contributed by atoms with E-state index in [1.807, 2.05) is 64.3 Å². The number of aryl methyl sites for hydroxylation is 1. The smallest absolute Gasteiger partial charge is 0.651 e. The summed E-state index contributed by atoms with van der Waals surface area (Å²) in [5.74, 6) is 0.282. The largest absolute Gasteiger partial charge is 1.00 e. The number of nitrogens with zero attached hydrogens (tertiary/aromatic N) is 4. The van der Waals surface area contributed by atoms with Crippen LogP contribution in [0.25, 0.3) is 27.3 Å². The maximum atomic E-state index is 11.7. The topological polar surface area (TPSA) is 175 Å². The molecule has 0 unspecified atom stereocenters. The van der Waals surface area contributed by atoms with Crippen molar-refractivity contribution in [2.45, 2.75) is 85.2 Å². The molecular weight excluding hydrogens is 596 g/mol. The van der Waals surface area contributed by atoms with Gasteiger partial charge in [0.15, 0.2) is 17.3 Å². The van der Waals surface area contributed by atoms with E-state index in [0.29, 0.717) is 34.9 Å². The quantitative estimate of drug-likeness (QED) is 0.109. The second-order valence-electron chi connectivity index (χ2n) is 10.9. The van der Waals surface area contributed by atoms with Crippen molar-refractivity contribution in [3.8, 4) is 11.5 Å². The number of fused-ring (bicyclic) bond motifs is 3. The molecule has 13 heteroatoms. The minimum Gasteiger partial charge on any atom is -0.651 e. The summed E-state index contributed by atoms with van der Waals surface area (Å²) in [5, 5.41) is 15.3. The van der Waals surface area contributed by atoms with Crippen molar-refractivity contribution < 1.29 is 80.2 Å². The molecule has 0 spiro atoms. The maximum Gasteiger partial charge on any atom is 1.00 e. The van der Waals surface area contributed by atoms with Crippen molar-refractivity contribution in [1.82, 2.24) is 14.5 Å². The number of benzene rings is 2. The zero-order chi connectivity index (χ0) is 31.5. The van der Waals surface area contributed by atoms with Gasteiger partial charge in [-0.1, -0.05) is 79.2 Å². The summed E-state index contributed by atoms with van der Waals surface area (Å²) in [5.41, 5.74) is 8.37. The van der Waals surface area contributed by atoms with Gasteiger partial charge >= 0.3 is 59.2 Å². The maximum absolute atomic E-state index is 11.7. The van der Waals surface area contributed by atoms with Gasteiger partial charge in [-0.15, -0.1) is 5.54 Å². The standard InChI is InChI=1S/C28H36N5O6P.C2H6.K/c1-6-7-11-22-32-23-24(33(22)15-17-9-8-10-21(35)25(17)39-40(36,37)38)19-13-12-18(14-20(19)31-26(23)29)27(2,3)28(4,5)30-16-34;1-2;/h8-10,12-14,16H,6-7,11,15H2,1-5H3,(H6,29,30,31,34,35,36,37,38);1-2H3;/q;;+1/p-1. The third-order valence-electron chi connectivity index (χ3n) is 7.78. The Balaban J connectivity index is 0.00000211. The van der Waals surface area contributed by atoms with Crippen LogP contribution in [0.5, 0.6) is 11.5 Å². The Labute approximate surface area is 295 Å². The Morgan fingerprint density at radius 2 is 1.79 bits per heavy atom. The number of phosphoric ester groups is 1. The van der Waals surface area contributed by atoms with E-state index in [0.717, 1.165) is 29.6 Å². The number of aromatic hydroxyl groups is 1. The fourth-order valence-electron chi connectivity index (χ4n) is 4.78. The molecule has 0 aliphatic carbocycles. The molecule has 228 valence electrons. The van der Waals surface area contributed by atoms with Gasteiger partial charge in [-0.3, -0.25) is 9.79 Å². The Hall–Kier alpha value is -2.02. The van der Waals surface area contributed by atoms with Crippen molar-refractivity contribution in [2.75, 3.05) is 5.73 Å². The predicted octanol–water partition coefficient (Wildman–Crippen LogP) is 3.35. The predicted molar refractivity (Wildman–Crippen MR) is 166 cm³/mol. The number of nitrogens with two attached hydrogens (primary N) is 1. The Morgan fingerprint density at radius 1 is 1.12 bits per heavy atom. The number of hydrogen-bond acceptors (Lipinski definition) is 7. The van der Waals surface area contributed by atoms with Gasteiger partial charge in [0.05, 0.1) is 17.6 Å². The van der Waals surface area contributed by atoms with Crippen molar-refractivity contribution in [3.63, 3.8) is 0 Å². The van der Waals surface area contributed by atoms with Crippen LogP contribution in [0.1, 0.15) is 78.3 Å². The van der Waals surface area contributed by atoms with Crippen molar-refractivity contribution in [1.29, 1.82) is 0 Å². The van der Waals surface area contributed by atoms with Crippen LogP contribution in [0, 0.1) is 0 Å². The number of anilines is 1. The zero-order valence-corrected chi connectivity index (χ0v) is 30.3. The Morgan fingerprint density at radius 3 is 2.40 bits per heavy atom. The van der Waals surface area contributed by atoms with E-state index < -0.39 is 18.8 Å². The molecule has 5 N–H and O–H groups in total. The van der Waals surface area contributed by atoms with E-state index in [2.05, 4.69) is 17.2 Å². The van der Waals surface area contributed by atoms with E-state index in [-0.39, 0.29) is 75.2 Å². The summed E-state index contributed by atoms with van der Waals surface area (Å²) >= 11 is 0. The fraction of sp³-hybridized carbons (Fsp3) is 0.433. The minimum atomic E-state index is -4.94. The molecule has 4 rings (SSSR count). The molecule has 2 aromatic carbocycles. The molecule has 4 aromatic rings. The summed E-state index contributed by atoms with van der Waals surface area (Å²) in [6.45, 7) is 14.0. The van der Waals surface area contributed by atoms with Gasteiger partial charge in [0.2, 0.25) is 0 Å². The number of carbonyl (C=O) groups excluding carboxylic acids is 1. The van der Waals surface area contributed by atoms with Gasteiger partial charge in [-0.25, -0.2) is 14.5 Å². The summed E-state index contributed by atoms with van der Waals surface area (Å²) in [7, 11) is -4.94. The van der Waals surface area contributed by atoms with Crippen LogP contribution in [-0.2, 0) is 27.7 Å². The van der Waals surface area contributed by atoms with Gasteiger partial charge < -0.3 is 30.0 Å². The second-order valence-corrected chi connectivity index (χ2v) is 12.1. The number of pyridine rings is 1. The molecule has 11 nitrogen and oxygen atoms in total. The fourth-order valence-corrected chi connectivity index (χ4v) is 5.23.